The molecule has 0 bridgehead atoms. The van der Waals surface area contributed by atoms with Crippen molar-refractivity contribution in [2.24, 2.45) is 0 Å². The summed E-state index contributed by atoms with van der Waals surface area (Å²) in [5, 5.41) is 8.42. The van der Waals surface area contributed by atoms with Crippen LogP contribution in [0, 0.1) is 0 Å². The molecule has 2 heteroatoms. The molecule has 64 valence electrons. The van der Waals surface area contributed by atoms with Gasteiger partial charge in [-0.25, -0.2) is 0 Å². The fourth-order valence-corrected chi connectivity index (χ4v) is 0.664. The predicted molar refractivity (Wildman–Crippen MR) is 46.2 cm³/mol. The summed E-state index contributed by atoms with van der Waals surface area (Å²) in [6, 6.07) is 0. The van der Waals surface area contributed by atoms with Crippen LogP contribution in [-0.4, -0.2) is 36.8 Å². The first kappa shape index (κ1) is 12.6. The van der Waals surface area contributed by atoms with E-state index in [4.69, 9.17) is 5.11 Å². The van der Waals surface area contributed by atoms with Gasteiger partial charge in [-0.1, -0.05) is 20.8 Å². The molecule has 2 nitrogen and oxygen atoms in total. The minimum absolute atomic E-state index is 0.274. The van der Waals surface area contributed by atoms with Crippen molar-refractivity contribution in [2.45, 2.75) is 27.2 Å². The molecule has 0 aromatic rings. The number of rotatable bonds is 4. The molecule has 0 aliphatic carbocycles. The van der Waals surface area contributed by atoms with Crippen molar-refractivity contribution in [1.82, 2.24) is 4.90 Å². The molecule has 0 amide bonds. The van der Waals surface area contributed by atoms with Crippen molar-refractivity contribution in [1.29, 1.82) is 0 Å². The number of aliphatic hydroxyl groups is 1. The van der Waals surface area contributed by atoms with Crippen molar-refractivity contribution in [3.05, 3.63) is 0 Å². The average Bonchev–Trinajstić information content (AvgIpc) is 1.93. The molecule has 0 radical (unpaired) electrons. The molecule has 0 unspecified atom stereocenters. The number of aliphatic hydroxyl groups excluding tert-OH is 1. The van der Waals surface area contributed by atoms with E-state index in [1.165, 1.54) is 0 Å². The zero-order chi connectivity index (χ0) is 8.41. The predicted octanol–water partition coefficient (Wildman–Crippen LogP) is 1.35. The van der Waals surface area contributed by atoms with E-state index in [-0.39, 0.29) is 6.61 Å². The van der Waals surface area contributed by atoms with Gasteiger partial charge >= 0.3 is 0 Å². The van der Waals surface area contributed by atoms with Gasteiger partial charge in [-0.05, 0) is 20.0 Å². The van der Waals surface area contributed by atoms with Gasteiger partial charge in [-0.3, -0.25) is 0 Å². The molecular weight excluding hydrogens is 126 g/mol. The van der Waals surface area contributed by atoms with Gasteiger partial charge in [-0.2, -0.15) is 0 Å². The standard InChI is InChI=1S/C6H15NO.C2H6/c1-3-4-7(2)5-6-8;1-2/h8H,3-6H2,1-2H3;1-2H3. The highest BCUT2D eigenvalue weighted by Crippen LogP contribution is 1.82. The second-order valence-electron chi connectivity index (χ2n) is 2.03. The Labute approximate surface area is 64.9 Å². The molecule has 0 rings (SSSR count). The largest absolute Gasteiger partial charge is 0.395 e. The third kappa shape index (κ3) is 10.8. The lowest BCUT2D eigenvalue weighted by atomic mass is 10.4. The van der Waals surface area contributed by atoms with E-state index >= 15 is 0 Å². The van der Waals surface area contributed by atoms with Gasteiger partial charge in [0.25, 0.3) is 0 Å². The molecular formula is C8H21NO. The topological polar surface area (TPSA) is 23.5 Å². The molecule has 0 aliphatic heterocycles. The summed E-state index contributed by atoms with van der Waals surface area (Å²) >= 11 is 0. The maximum absolute atomic E-state index is 8.42. The zero-order valence-corrected chi connectivity index (χ0v) is 7.72. The number of hydrogen-bond acceptors (Lipinski definition) is 2. The van der Waals surface area contributed by atoms with Crippen LogP contribution in [0.5, 0.6) is 0 Å². The Morgan fingerprint density at radius 2 is 1.70 bits per heavy atom. The summed E-state index contributed by atoms with van der Waals surface area (Å²) in [5.41, 5.74) is 0. The Bertz CT molecular complexity index is 42.5. The van der Waals surface area contributed by atoms with E-state index in [2.05, 4.69) is 11.8 Å². The second kappa shape index (κ2) is 11.7. The van der Waals surface area contributed by atoms with Crippen LogP contribution in [0.4, 0.5) is 0 Å². The molecule has 10 heavy (non-hydrogen) atoms. The minimum Gasteiger partial charge on any atom is -0.395 e. The van der Waals surface area contributed by atoms with E-state index in [0.29, 0.717) is 0 Å². The molecule has 0 fully saturated rings. The summed E-state index contributed by atoms with van der Waals surface area (Å²) < 4.78 is 0. The maximum atomic E-state index is 8.42. The highest BCUT2D eigenvalue weighted by atomic mass is 16.3. The minimum atomic E-state index is 0.274. The monoisotopic (exact) mass is 147 g/mol. The van der Waals surface area contributed by atoms with Gasteiger partial charge in [0.1, 0.15) is 0 Å². The van der Waals surface area contributed by atoms with Gasteiger partial charge in [0.2, 0.25) is 0 Å². The molecule has 1 N–H and O–H groups in total. The van der Waals surface area contributed by atoms with Crippen molar-refractivity contribution < 1.29 is 5.11 Å². The van der Waals surface area contributed by atoms with E-state index < -0.39 is 0 Å². The van der Waals surface area contributed by atoms with E-state index in [1.807, 2.05) is 20.9 Å². The first-order valence-corrected chi connectivity index (χ1v) is 4.10. The Morgan fingerprint density at radius 3 is 2.00 bits per heavy atom. The van der Waals surface area contributed by atoms with Crippen molar-refractivity contribution >= 4 is 0 Å². The first-order valence-electron chi connectivity index (χ1n) is 4.10. The van der Waals surface area contributed by atoms with E-state index in [9.17, 15) is 0 Å². The Morgan fingerprint density at radius 1 is 1.20 bits per heavy atom. The normalized spacial score (nSPS) is 9.00. The van der Waals surface area contributed by atoms with Gasteiger partial charge in [0, 0.05) is 6.54 Å². The fourth-order valence-electron chi connectivity index (χ4n) is 0.664. The van der Waals surface area contributed by atoms with Crippen LogP contribution >= 0.6 is 0 Å². The average molecular weight is 147 g/mol. The number of nitrogens with zero attached hydrogens (tertiary/aromatic N) is 1. The van der Waals surface area contributed by atoms with Gasteiger partial charge < -0.3 is 10.0 Å². The van der Waals surface area contributed by atoms with Crippen LogP contribution in [0.1, 0.15) is 27.2 Å². The molecule has 0 spiro atoms. The summed E-state index contributed by atoms with van der Waals surface area (Å²) in [6.45, 7) is 8.29. The van der Waals surface area contributed by atoms with Gasteiger partial charge in [-0.15, -0.1) is 0 Å². The molecule has 0 heterocycles. The van der Waals surface area contributed by atoms with Crippen molar-refractivity contribution in [3.8, 4) is 0 Å². The third-order valence-electron chi connectivity index (χ3n) is 1.09. The van der Waals surface area contributed by atoms with Crippen molar-refractivity contribution in [2.75, 3.05) is 26.7 Å². The lowest BCUT2D eigenvalue weighted by molar-refractivity contribution is 0.222. The van der Waals surface area contributed by atoms with E-state index in [1.54, 1.807) is 0 Å². The number of hydrogen-bond donors (Lipinski definition) is 1. The Balaban J connectivity index is 0. The molecule has 0 saturated heterocycles. The zero-order valence-electron chi connectivity index (χ0n) is 7.72. The maximum Gasteiger partial charge on any atom is 0.0558 e. The summed E-state index contributed by atoms with van der Waals surface area (Å²) in [4.78, 5) is 2.11. The van der Waals surface area contributed by atoms with Gasteiger partial charge in [0.15, 0.2) is 0 Å². The Hall–Kier alpha value is -0.0800. The molecule has 0 saturated carbocycles. The lowest BCUT2D eigenvalue weighted by Gasteiger charge is -2.12. The summed E-state index contributed by atoms with van der Waals surface area (Å²) in [6.07, 6.45) is 1.16. The third-order valence-corrected chi connectivity index (χ3v) is 1.09. The highest BCUT2D eigenvalue weighted by Gasteiger charge is 1.91. The number of likely N-dealkylation sites (N-methyl/N-ethyl adjacent to an activating group) is 1. The second-order valence-corrected chi connectivity index (χ2v) is 2.03. The SMILES string of the molecule is CC.CCCN(C)CCO. The van der Waals surface area contributed by atoms with Crippen LogP contribution in [-0.2, 0) is 0 Å². The summed E-state index contributed by atoms with van der Waals surface area (Å²) in [5.74, 6) is 0. The molecule has 0 aromatic heterocycles. The fraction of sp³-hybridized carbons (Fsp3) is 1.00. The van der Waals surface area contributed by atoms with Crippen LogP contribution in [0.2, 0.25) is 0 Å². The quantitative estimate of drug-likeness (QED) is 0.649. The van der Waals surface area contributed by atoms with Crippen LogP contribution in [0.25, 0.3) is 0 Å². The smallest absolute Gasteiger partial charge is 0.0558 e. The molecule has 0 aromatic carbocycles. The van der Waals surface area contributed by atoms with Crippen LogP contribution in [0.3, 0.4) is 0 Å². The first-order chi connectivity index (χ1) is 4.81. The van der Waals surface area contributed by atoms with E-state index in [0.717, 1.165) is 19.5 Å². The summed E-state index contributed by atoms with van der Waals surface area (Å²) in [7, 11) is 2.01. The van der Waals surface area contributed by atoms with Crippen LogP contribution < -0.4 is 0 Å². The highest BCUT2D eigenvalue weighted by molar-refractivity contribution is 4.45. The van der Waals surface area contributed by atoms with Crippen LogP contribution in [0.15, 0.2) is 0 Å². The van der Waals surface area contributed by atoms with Gasteiger partial charge in [0.05, 0.1) is 6.61 Å². The molecule has 0 atom stereocenters. The lowest BCUT2D eigenvalue weighted by Crippen LogP contribution is -2.22. The molecule has 0 aliphatic rings. The van der Waals surface area contributed by atoms with Crippen molar-refractivity contribution in [3.63, 3.8) is 0 Å². The Kier molecular flexibility index (Phi) is 14.7.